The van der Waals surface area contributed by atoms with Gasteiger partial charge in [0, 0.05) is 22.6 Å². The van der Waals surface area contributed by atoms with Crippen molar-refractivity contribution < 1.29 is 9.18 Å². The number of hydrogen-bond acceptors (Lipinski definition) is 2. The first-order valence-electron chi connectivity index (χ1n) is 9.03. The highest BCUT2D eigenvalue weighted by Crippen LogP contribution is 2.26. The zero-order valence-corrected chi connectivity index (χ0v) is 17.3. The normalized spacial score (nSPS) is 17.2. The van der Waals surface area contributed by atoms with Gasteiger partial charge in [-0.15, -0.1) is 0 Å². The molecule has 0 saturated carbocycles. The van der Waals surface area contributed by atoms with Crippen molar-refractivity contribution in [3.63, 3.8) is 0 Å². The Morgan fingerprint density at radius 1 is 1.29 bits per heavy atom. The summed E-state index contributed by atoms with van der Waals surface area (Å²) in [5, 5.41) is 0.273. The predicted molar refractivity (Wildman–Crippen MR) is 110 cm³/mol. The van der Waals surface area contributed by atoms with E-state index in [1.807, 2.05) is 18.2 Å². The van der Waals surface area contributed by atoms with Gasteiger partial charge in [0.05, 0.1) is 23.5 Å². The lowest BCUT2D eigenvalue weighted by Gasteiger charge is -2.33. The van der Waals surface area contributed by atoms with Crippen molar-refractivity contribution in [1.82, 2.24) is 14.5 Å². The first-order chi connectivity index (χ1) is 13.4. The summed E-state index contributed by atoms with van der Waals surface area (Å²) in [6, 6.07) is 9.68. The fourth-order valence-corrected chi connectivity index (χ4v) is 4.44. The monoisotopic (exact) mass is 465 g/mol. The van der Waals surface area contributed by atoms with Crippen molar-refractivity contribution in [3.05, 3.63) is 67.8 Å². The maximum Gasteiger partial charge on any atom is 0.326 e. The van der Waals surface area contributed by atoms with Crippen molar-refractivity contribution >= 4 is 44.5 Å². The number of benzene rings is 2. The summed E-state index contributed by atoms with van der Waals surface area (Å²) in [5.74, 6) is -0.553. The predicted octanol–water partition coefficient (Wildman–Crippen LogP) is 4.29. The molecule has 146 valence electrons. The molecule has 4 rings (SSSR count). The van der Waals surface area contributed by atoms with Crippen LogP contribution in [-0.2, 0) is 11.2 Å². The molecule has 1 aromatic heterocycles. The van der Waals surface area contributed by atoms with Crippen LogP contribution in [0, 0.1) is 5.82 Å². The average molecular weight is 467 g/mol. The minimum Gasteiger partial charge on any atom is -0.340 e. The van der Waals surface area contributed by atoms with E-state index in [9.17, 15) is 14.0 Å². The van der Waals surface area contributed by atoms with Crippen LogP contribution >= 0.6 is 27.5 Å². The van der Waals surface area contributed by atoms with Crippen LogP contribution in [0.1, 0.15) is 24.4 Å². The molecule has 1 atom stereocenters. The quantitative estimate of drug-likeness (QED) is 0.626. The number of nitrogens with one attached hydrogen (secondary N) is 1. The Hall–Kier alpha value is -2.12. The minimum absolute atomic E-state index is 0.0819. The average Bonchev–Trinajstić information content (AvgIpc) is 2.96. The summed E-state index contributed by atoms with van der Waals surface area (Å²) >= 11 is 9.33. The molecule has 8 heteroatoms. The molecule has 28 heavy (non-hydrogen) atoms. The number of fused-ring (bicyclic) bond motifs is 1. The van der Waals surface area contributed by atoms with E-state index in [0.717, 1.165) is 28.3 Å². The second-order valence-corrected chi connectivity index (χ2v) is 8.40. The van der Waals surface area contributed by atoms with Crippen molar-refractivity contribution in [2.45, 2.75) is 25.3 Å². The van der Waals surface area contributed by atoms with Gasteiger partial charge >= 0.3 is 5.69 Å². The van der Waals surface area contributed by atoms with Crippen LogP contribution in [0.15, 0.2) is 45.7 Å². The first-order valence-corrected chi connectivity index (χ1v) is 10.2. The molecule has 2 heterocycles. The van der Waals surface area contributed by atoms with E-state index in [-0.39, 0.29) is 29.1 Å². The number of carbonyl (C=O) groups excluding carboxylic acids is 1. The minimum atomic E-state index is -0.456. The second-order valence-electron chi connectivity index (χ2n) is 7.05. The number of carbonyl (C=O) groups is 1. The molecule has 1 fully saturated rings. The number of likely N-dealkylation sites (tertiary alicyclic amines) is 1. The van der Waals surface area contributed by atoms with Crippen molar-refractivity contribution in [1.29, 1.82) is 0 Å². The maximum absolute atomic E-state index is 13.5. The van der Waals surface area contributed by atoms with E-state index in [1.54, 1.807) is 15.5 Å². The summed E-state index contributed by atoms with van der Waals surface area (Å²) in [6.07, 6.45) is 1.70. The number of aromatic nitrogens is 2. The number of aromatic amines is 1. The molecule has 0 bridgehead atoms. The largest absolute Gasteiger partial charge is 0.340 e. The maximum atomic E-state index is 13.5. The van der Waals surface area contributed by atoms with E-state index >= 15 is 0 Å². The van der Waals surface area contributed by atoms with Gasteiger partial charge in [-0.3, -0.25) is 9.36 Å². The second kappa shape index (κ2) is 7.72. The number of hydrogen-bond donors (Lipinski definition) is 1. The number of H-pyrrole nitrogens is 1. The number of nitrogens with zero attached hydrogens (tertiary/aromatic N) is 2. The molecule has 0 spiro atoms. The zero-order chi connectivity index (χ0) is 19.8. The third kappa shape index (κ3) is 3.86. The highest BCUT2D eigenvalue weighted by atomic mass is 79.9. The molecule has 1 aliphatic heterocycles. The van der Waals surface area contributed by atoms with E-state index in [4.69, 9.17) is 11.6 Å². The highest BCUT2D eigenvalue weighted by molar-refractivity contribution is 9.10. The molecule has 5 nitrogen and oxygen atoms in total. The Morgan fingerprint density at radius 2 is 2.11 bits per heavy atom. The van der Waals surface area contributed by atoms with Crippen molar-refractivity contribution in [3.8, 4) is 0 Å². The number of rotatable bonds is 3. The van der Waals surface area contributed by atoms with E-state index in [0.29, 0.717) is 18.7 Å². The Balaban J connectivity index is 1.56. The number of imidazole rings is 1. The Kier molecular flexibility index (Phi) is 5.29. The van der Waals surface area contributed by atoms with E-state index in [1.165, 1.54) is 12.1 Å². The number of piperidine rings is 1. The lowest BCUT2D eigenvalue weighted by atomic mass is 10.0. The Labute approximate surface area is 174 Å². The molecule has 0 unspecified atom stereocenters. The van der Waals surface area contributed by atoms with Gasteiger partial charge in [-0.05, 0) is 54.8 Å². The summed E-state index contributed by atoms with van der Waals surface area (Å²) in [7, 11) is 0. The van der Waals surface area contributed by atoms with Crippen LogP contribution in [0.4, 0.5) is 4.39 Å². The van der Waals surface area contributed by atoms with Crippen LogP contribution in [0.2, 0.25) is 5.02 Å². The summed E-state index contributed by atoms with van der Waals surface area (Å²) < 4.78 is 16.2. The lowest BCUT2D eigenvalue weighted by Crippen LogP contribution is -2.43. The van der Waals surface area contributed by atoms with Gasteiger partial charge in [0.15, 0.2) is 0 Å². The standard InChI is InChI=1S/C20H18BrClFN3O2/c21-13-3-4-17-18(9-13)26(20(28)24-17)16-2-1-5-25(11-16)19(27)8-12-6-14(22)10-15(23)7-12/h3-4,6-7,9-10,16H,1-2,5,8,11H2,(H,24,28)/t16-/m0/s1. The molecular formula is C20H18BrClFN3O2. The van der Waals surface area contributed by atoms with Gasteiger partial charge in [0.1, 0.15) is 5.82 Å². The van der Waals surface area contributed by atoms with Crippen LogP contribution in [0.5, 0.6) is 0 Å². The van der Waals surface area contributed by atoms with Crippen LogP contribution in [-0.4, -0.2) is 33.4 Å². The first kappa shape index (κ1) is 19.2. The van der Waals surface area contributed by atoms with Gasteiger partial charge in [0.2, 0.25) is 5.91 Å². The fourth-order valence-electron chi connectivity index (χ4n) is 3.85. The Bertz CT molecular complexity index is 1090. The molecule has 1 aliphatic rings. The fraction of sp³-hybridized carbons (Fsp3) is 0.300. The van der Waals surface area contributed by atoms with Crippen LogP contribution < -0.4 is 5.69 Å². The number of amides is 1. The van der Waals surface area contributed by atoms with Crippen molar-refractivity contribution in [2.24, 2.45) is 0 Å². The molecule has 0 aliphatic carbocycles. The third-order valence-corrected chi connectivity index (χ3v) is 5.78. The molecule has 0 radical (unpaired) electrons. The molecular weight excluding hydrogens is 449 g/mol. The van der Waals surface area contributed by atoms with E-state index in [2.05, 4.69) is 20.9 Å². The van der Waals surface area contributed by atoms with Crippen LogP contribution in [0.25, 0.3) is 11.0 Å². The van der Waals surface area contributed by atoms with Gasteiger partial charge in [0.25, 0.3) is 0 Å². The zero-order valence-electron chi connectivity index (χ0n) is 14.9. The van der Waals surface area contributed by atoms with Gasteiger partial charge in [-0.2, -0.15) is 0 Å². The molecule has 2 aromatic carbocycles. The summed E-state index contributed by atoms with van der Waals surface area (Å²) in [6.45, 7) is 1.07. The topological polar surface area (TPSA) is 58.1 Å². The highest BCUT2D eigenvalue weighted by Gasteiger charge is 2.27. The summed E-state index contributed by atoms with van der Waals surface area (Å²) in [4.78, 5) is 29.9. The third-order valence-electron chi connectivity index (χ3n) is 5.07. The Morgan fingerprint density at radius 3 is 2.89 bits per heavy atom. The molecule has 1 saturated heterocycles. The molecule has 1 amide bonds. The SMILES string of the molecule is O=C(Cc1cc(F)cc(Cl)c1)N1CCC[C@H](n2c(=O)[nH]c3ccc(Br)cc32)C1. The molecule has 3 aromatic rings. The van der Waals surface area contributed by atoms with Crippen LogP contribution in [0.3, 0.4) is 0 Å². The number of halogens is 3. The summed E-state index contributed by atoms with van der Waals surface area (Å²) in [5.41, 5.74) is 1.95. The van der Waals surface area contributed by atoms with Gasteiger partial charge in [-0.25, -0.2) is 9.18 Å². The van der Waals surface area contributed by atoms with E-state index < -0.39 is 5.82 Å². The lowest BCUT2D eigenvalue weighted by molar-refractivity contribution is -0.132. The van der Waals surface area contributed by atoms with Gasteiger partial charge in [-0.1, -0.05) is 27.5 Å². The van der Waals surface area contributed by atoms with Crippen molar-refractivity contribution in [2.75, 3.05) is 13.1 Å². The van der Waals surface area contributed by atoms with Gasteiger partial charge < -0.3 is 9.88 Å². The molecule has 1 N–H and O–H groups in total. The smallest absolute Gasteiger partial charge is 0.326 e.